The van der Waals surface area contributed by atoms with Crippen LogP contribution in [0.5, 0.6) is 0 Å². The van der Waals surface area contributed by atoms with Crippen LogP contribution < -0.4 is 16.0 Å². The molecule has 2 aromatic rings. The summed E-state index contributed by atoms with van der Waals surface area (Å²) in [5, 5.41) is 9.38. The zero-order valence-electron chi connectivity index (χ0n) is 17.1. The molecule has 1 amide bonds. The second-order valence-electron chi connectivity index (χ2n) is 6.03. The number of guanidine groups is 1. The molecule has 1 heterocycles. The van der Waals surface area contributed by atoms with Crippen molar-refractivity contribution in [2.24, 2.45) is 4.99 Å². The van der Waals surface area contributed by atoms with Crippen molar-refractivity contribution in [3.8, 4) is 0 Å². The first-order chi connectivity index (χ1) is 13.8. The fourth-order valence-corrected chi connectivity index (χ4v) is 3.32. The van der Waals surface area contributed by atoms with Gasteiger partial charge in [-0.2, -0.15) is 0 Å². The Hall–Kier alpha value is -2.28. The summed E-state index contributed by atoms with van der Waals surface area (Å²) in [6, 6.07) is 5.26. The van der Waals surface area contributed by atoms with Gasteiger partial charge in [-0.3, -0.25) is 9.79 Å². The second-order valence-corrected chi connectivity index (χ2v) is 7.06. The summed E-state index contributed by atoms with van der Waals surface area (Å²) < 4.78 is 17.9. The number of hydrogen-bond acceptors (Lipinski definition) is 6. The van der Waals surface area contributed by atoms with Gasteiger partial charge in [-0.1, -0.05) is 0 Å². The van der Waals surface area contributed by atoms with Crippen LogP contribution in [0.3, 0.4) is 0 Å². The standard InChI is InChI=1S/C19H24FN5O3S.HI/c1-5-28-18(27)16-11(2)23-17(29-16)12(3)24-19(21-4)22-10-15(26)25-14-8-6-13(20)7-9-14;/h6-9,12H,5,10H2,1-4H3,(H,25,26)(H2,21,22,24);1H. The molecule has 164 valence electrons. The highest BCUT2D eigenvalue weighted by Crippen LogP contribution is 2.24. The Morgan fingerprint density at radius 2 is 1.97 bits per heavy atom. The fourth-order valence-electron chi connectivity index (χ4n) is 2.35. The van der Waals surface area contributed by atoms with Crippen LogP contribution in [0.4, 0.5) is 10.1 Å². The molecule has 3 N–H and O–H groups in total. The summed E-state index contributed by atoms with van der Waals surface area (Å²) >= 11 is 1.25. The van der Waals surface area contributed by atoms with Crippen molar-refractivity contribution >= 4 is 58.8 Å². The Kier molecular flexibility index (Phi) is 10.7. The minimum Gasteiger partial charge on any atom is -0.462 e. The molecular weight excluding hydrogens is 524 g/mol. The summed E-state index contributed by atoms with van der Waals surface area (Å²) in [7, 11) is 1.58. The van der Waals surface area contributed by atoms with Gasteiger partial charge < -0.3 is 20.7 Å². The molecule has 0 aliphatic heterocycles. The van der Waals surface area contributed by atoms with Crippen LogP contribution in [0.15, 0.2) is 29.3 Å². The second kappa shape index (κ2) is 12.4. The van der Waals surface area contributed by atoms with Crippen LogP contribution in [-0.2, 0) is 9.53 Å². The number of hydrogen-bond donors (Lipinski definition) is 3. The van der Waals surface area contributed by atoms with Crippen molar-refractivity contribution in [3.05, 3.63) is 45.7 Å². The zero-order valence-corrected chi connectivity index (χ0v) is 20.3. The lowest BCUT2D eigenvalue weighted by molar-refractivity contribution is -0.115. The molecule has 0 fully saturated rings. The van der Waals surface area contributed by atoms with Crippen LogP contribution >= 0.6 is 35.3 Å². The number of nitrogens with one attached hydrogen (secondary N) is 3. The average Bonchev–Trinajstić information content (AvgIpc) is 3.09. The minimum atomic E-state index is -0.388. The summed E-state index contributed by atoms with van der Waals surface area (Å²) in [5.41, 5.74) is 1.11. The molecule has 8 nitrogen and oxygen atoms in total. The maximum Gasteiger partial charge on any atom is 0.350 e. The van der Waals surface area contributed by atoms with E-state index in [4.69, 9.17) is 4.74 Å². The number of rotatable bonds is 7. The number of aryl methyl sites for hydroxylation is 1. The topological polar surface area (TPSA) is 105 Å². The van der Waals surface area contributed by atoms with Crippen molar-refractivity contribution in [1.82, 2.24) is 15.6 Å². The Labute approximate surface area is 195 Å². The molecule has 0 spiro atoms. The maximum absolute atomic E-state index is 12.9. The SMILES string of the molecule is CCOC(=O)c1sc(C(C)NC(=NC)NCC(=O)Nc2ccc(F)cc2)nc1C.I. The van der Waals surface area contributed by atoms with Crippen LogP contribution in [0, 0.1) is 12.7 Å². The van der Waals surface area contributed by atoms with Gasteiger partial charge in [-0.15, -0.1) is 35.3 Å². The van der Waals surface area contributed by atoms with E-state index in [2.05, 4.69) is 25.9 Å². The number of carbonyl (C=O) groups excluding carboxylic acids is 2. The zero-order chi connectivity index (χ0) is 21.4. The van der Waals surface area contributed by atoms with E-state index in [0.717, 1.165) is 0 Å². The summed E-state index contributed by atoms with van der Waals surface area (Å²) in [6.45, 7) is 5.65. The van der Waals surface area contributed by atoms with Gasteiger partial charge >= 0.3 is 5.97 Å². The first kappa shape index (κ1) is 25.8. The van der Waals surface area contributed by atoms with Crippen LogP contribution in [0.1, 0.15) is 40.3 Å². The molecule has 0 aliphatic carbocycles. The Morgan fingerprint density at radius 3 is 2.57 bits per heavy atom. The van der Waals surface area contributed by atoms with Gasteiger partial charge in [-0.05, 0) is 45.0 Å². The minimum absolute atomic E-state index is 0. The van der Waals surface area contributed by atoms with Crippen molar-refractivity contribution in [2.75, 3.05) is 25.5 Å². The monoisotopic (exact) mass is 549 g/mol. The highest BCUT2D eigenvalue weighted by Gasteiger charge is 2.20. The van der Waals surface area contributed by atoms with Crippen molar-refractivity contribution in [3.63, 3.8) is 0 Å². The number of aromatic nitrogens is 1. The fraction of sp³-hybridized carbons (Fsp3) is 0.368. The molecule has 30 heavy (non-hydrogen) atoms. The quantitative estimate of drug-likeness (QED) is 0.212. The van der Waals surface area contributed by atoms with E-state index in [1.165, 1.54) is 35.6 Å². The van der Waals surface area contributed by atoms with E-state index in [1.807, 2.05) is 6.92 Å². The van der Waals surface area contributed by atoms with Crippen molar-refractivity contribution in [1.29, 1.82) is 0 Å². The lowest BCUT2D eigenvalue weighted by atomic mass is 10.3. The van der Waals surface area contributed by atoms with Crippen LogP contribution in [0.2, 0.25) is 0 Å². The lowest BCUT2D eigenvalue weighted by Crippen LogP contribution is -2.42. The number of aliphatic imine (C=N–C) groups is 1. The predicted octanol–water partition coefficient (Wildman–Crippen LogP) is 3.25. The average molecular weight is 549 g/mol. The molecule has 11 heteroatoms. The molecule has 2 rings (SSSR count). The number of ether oxygens (including phenoxy) is 1. The molecule has 0 aliphatic rings. The van der Waals surface area contributed by atoms with Gasteiger partial charge in [-0.25, -0.2) is 14.2 Å². The Morgan fingerprint density at radius 1 is 1.30 bits per heavy atom. The number of carbonyl (C=O) groups is 2. The van der Waals surface area contributed by atoms with Gasteiger partial charge in [0.15, 0.2) is 5.96 Å². The third kappa shape index (κ3) is 7.52. The number of nitrogens with zero attached hydrogens (tertiary/aromatic N) is 2. The summed E-state index contributed by atoms with van der Waals surface area (Å²) in [6.07, 6.45) is 0. The van der Waals surface area contributed by atoms with E-state index >= 15 is 0 Å². The maximum atomic E-state index is 12.9. The molecule has 1 aromatic heterocycles. The Balaban J connectivity index is 0.00000450. The van der Waals surface area contributed by atoms with Crippen LogP contribution in [-0.4, -0.2) is 43.0 Å². The first-order valence-electron chi connectivity index (χ1n) is 9.01. The van der Waals surface area contributed by atoms with E-state index in [1.54, 1.807) is 20.9 Å². The van der Waals surface area contributed by atoms with E-state index in [0.29, 0.717) is 33.8 Å². The van der Waals surface area contributed by atoms with Gasteiger partial charge in [0.05, 0.1) is 24.9 Å². The predicted molar refractivity (Wildman–Crippen MR) is 126 cm³/mol. The number of thiazole rings is 1. The van der Waals surface area contributed by atoms with Gasteiger partial charge in [0.2, 0.25) is 5.91 Å². The van der Waals surface area contributed by atoms with Gasteiger partial charge in [0, 0.05) is 12.7 Å². The molecule has 0 saturated heterocycles. The summed E-state index contributed by atoms with van der Waals surface area (Å²) in [5.74, 6) is -0.664. The molecule has 0 saturated carbocycles. The number of esters is 1. The molecular formula is C19H25FIN5O3S. The molecule has 0 radical (unpaired) electrons. The largest absolute Gasteiger partial charge is 0.462 e. The highest BCUT2D eigenvalue weighted by molar-refractivity contribution is 14.0. The molecule has 1 unspecified atom stereocenters. The number of anilines is 1. The van der Waals surface area contributed by atoms with Crippen molar-refractivity contribution < 1.29 is 18.7 Å². The molecule has 0 bridgehead atoms. The van der Waals surface area contributed by atoms with Gasteiger partial charge in [0.1, 0.15) is 15.7 Å². The number of benzene rings is 1. The van der Waals surface area contributed by atoms with E-state index in [9.17, 15) is 14.0 Å². The molecule has 1 atom stereocenters. The summed E-state index contributed by atoms with van der Waals surface area (Å²) in [4.78, 5) is 33.0. The first-order valence-corrected chi connectivity index (χ1v) is 9.82. The third-order valence-corrected chi connectivity index (χ3v) is 5.09. The number of halogens is 2. The van der Waals surface area contributed by atoms with Crippen molar-refractivity contribution in [2.45, 2.75) is 26.8 Å². The van der Waals surface area contributed by atoms with Crippen LogP contribution in [0.25, 0.3) is 0 Å². The highest BCUT2D eigenvalue weighted by atomic mass is 127. The van der Waals surface area contributed by atoms with E-state index in [-0.39, 0.29) is 54.3 Å². The number of amides is 1. The third-order valence-electron chi connectivity index (χ3n) is 3.77. The van der Waals surface area contributed by atoms with E-state index < -0.39 is 0 Å². The Bertz CT molecular complexity index is 889. The normalized spacial score (nSPS) is 11.8. The smallest absolute Gasteiger partial charge is 0.350 e. The molecule has 1 aromatic carbocycles. The van der Waals surface area contributed by atoms with Gasteiger partial charge in [0.25, 0.3) is 0 Å². The lowest BCUT2D eigenvalue weighted by Gasteiger charge is -2.16.